The van der Waals surface area contributed by atoms with Gasteiger partial charge in [-0.2, -0.15) is 0 Å². The number of amides is 2. The van der Waals surface area contributed by atoms with Crippen molar-refractivity contribution in [2.45, 2.75) is 29.7 Å². The fourth-order valence-corrected chi connectivity index (χ4v) is 2.78. The first-order valence-corrected chi connectivity index (χ1v) is 7.77. The van der Waals surface area contributed by atoms with Gasteiger partial charge in [0.25, 0.3) is 0 Å². The molecule has 0 saturated carbocycles. The molecule has 0 bridgehead atoms. The third-order valence-corrected chi connectivity index (χ3v) is 3.89. The van der Waals surface area contributed by atoms with Gasteiger partial charge in [-0.3, -0.25) is 9.59 Å². The summed E-state index contributed by atoms with van der Waals surface area (Å²) >= 11 is 1.63. The molecule has 0 aliphatic rings. The molecule has 1 atom stereocenters. The molecule has 0 fully saturated rings. The summed E-state index contributed by atoms with van der Waals surface area (Å²) in [5.41, 5.74) is 0.711. The molecule has 0 aromatic heterocycles. The lowest BCUT2D eigenvalue weighted by atomic mass is 10.2. The zero-order valence-electron chi connectivity index (χ0n) is 12.5. The fourth-order valence-electron chi connectivity index (χ4n) is 1.88. The Labute approximate surface area is 134 Å². The SMILES string of the molecule is CC(=O)NC(C)C(=O)Nc1cccc(Sc2ccccc2)c1. The number of carbonyl (C=O) groups is 2. The van der Waals surface area contributed by atoms with Crippen LogP contribution < -0.4 is 10.6 Å². The van der Waals surface area contributed by atoms with Gasteiger partial charge >= 0.3 is 0 Å². The van der Waals surface area contributed by atoms with Gasteiger partial charge in [0.15, 0.2) is 0 Å². The number of nitrogens with one attached hydrogen (secondary N) is 2. The monoisotopic (exact) mass is 314 g/mol. The van der Waals surface area contributed by atoms with Gasteiger partial charge in [-0.1, -0.05) is 36.0 Å². The zero-order chi connectivity index (χ0) is 15.9. The Morgan fingerprint density at radius 1 is 1.00 bits per heavy atom. The summed E-state index contributed by atoms with van der Waals surface area (Å²) in [6.07, 6.45) is 0. The van der Waals surface area contributed by atoms with Crippen molar-refractivity contribution in [3.63, 3.8) is 0 Å². The van der Waals surface area contributed by atoms with Crippen LogP contribution in [0.1, 0.15) is 13.8 Å². The molecule has 2 aromatic carbocycles. The van der Waals surface area contributed by atoms with Crippen LogP contribution in [-0.4, -0.2) is 17.9 Å². The van der Waals surface area contributed by atoms with E-state index in [9.17, 15) is 9.59 Å². The van der Waals surface area contributed by atoms with E-state index in [2.05, 4.69) is 10.6 Å². The molecule has 5 heteroatoms. The maximum Gasteiger partial charge on any atom is 0.246 e. The van der Waals surface area contributed by atoms with Crippen molar-refractivity contribution in [2.24, 2.45) is 0 Å². The van der Waals surface area contributed by atoms with E-state index in [0.717, 1.165) is 9.79 Å². The van der Waals surface area contributed by atoms with Gasteiger partial charge in [0.1, 0.15) is 6.04 Å². The second-order valence-corrected chi connectivity index (χ2v) is 6.00. The van der Waals surface area contributed by atoms with Gasteiger partial charge in [0.2, 0.25) is 11.8 Å². The summed E-state index contributed by atoms with van der Waals surface area (Å²) in [7, 11) is 0. The molecule has 0 spiro atoms. The Morgan fingerprint density at radius 2 is 1.68 bits per heavy atom. The van der Waals surface area contributed by atoms with Crippen molar-refractivity contribution in [1.82, 2.24) is 5.32 Å². The molecular weight excluding hydrogens is 296 g/mol. The van der Waals surface area contributed by atoms with E-state index >= 15 is 0 Å². The minimum Gasteiger partial charge on any atom is -0.345 e. The quantitative estimate of drug-likeness (QED) is 0.890. The van der Waals surface area contributed by atoms with Gasteiger partial charge < -0.3 is 10.6 Å². The van der Waals surface area contributed by atoms with Gasteiger partial charge in [0, 0.05) is 22.4 Å². The van der Waals surface area contributed by atoms with E-state index in [1.54, 1.807) is 18.7 Å². The number of rotatable bonds is 5. The lowest BCUT2D eigenvalue weighted by molar-refractivity contribution is -0.124. The first kappa shape index (κ1) is 16.1. The number of carbonyl (C=O) groups excluding carboxylic acids is 2. The predicted molar refractivity (Wildman–Crippen MR) is 88.9 cm³/mol. The fraction of sp³-hybridized carbons (Fsp3) is 0.176. The molecule has 1 unspecified atom stereocenters. The minimum atomic E-state index is -0.567. The Morgan fingerprint density at radius 3 is 2.36 bits per heavy atom. The topological polar surface area (TPSA) is 58.2 Å². The highest BCUT2D eigenvalue weighted by Crippen LogP contribution is 2.29. The molecule has 114 valence electrons. The average molecular weight is 314 g/mol. The van der Waals surface area contributed by atoms with Gasteiger partial charge in [0.05, 0.1) is 0 Å². The standard InChI is InChI=1S/C17H18N2O2S/c1-12(18-13(2)20)17(21)19-14-7-6-10-16(11-14)22-15-8-4-3-5-9-15/h3-12H,1-2H3,(H,18,20)(H,19,21). The molecule has 0 heterocycles. The molecule has 0 aliphatic heterocycles. The number of hydrogen-bond acceptors (Lipinski definition) is 3. The van der Waals surface area contributed by atoms with Crippen LogP contribution in [0.5, 0.6) is 0 Å². The van der Waals surface area contributed by atoms with E-state index < -0.39 is 6.04 Å². The van der Waals surface area contributed by atoms with Crippen LogP contribution in [0.4, 0.5) is 5.69 Å². The first-order chi connectivity index (χ1) is 10.5. The van der Waals surface area contributed by atoms with Crippen LogP contribution in [-0.2, 0) is 9.59 Å². The maximum atomic E-state index is 12.0. The molecule has 0 saturated heterocycles. The Balaban J connectivity index is 2.02. The van der Waals surface area contributed by atoms with E-state index in [4.69, 9.17) is 0 Å². The number of benzene rings is 2. The second kappa shape index (κ2) is 7.66. The van der Waals surface area contributed by atoms with E-state index in [1.165, 1.54) is 6.92 Å². The van der Waals surface area contributed by atoms with Gasteiger partial charge in [-0.05, 0) is 37.3 Å². The number of anilines is 1. The Hall–Kier alpha value is -2.27. The summed E-state index contributed by atoms with van der Waals surface area (Å²) in [4.78, 5) is 25.1. The van der Waals surface area contributed by atoms with Crippen molar-refractivity contribution >= 4 is 29.3 Å². The van der Waals surface area contributed by atoms with E-state index in [0.29, 0.717) is 5.69 Å². The van der Waals surface area contributed by atoms with Crippen LogP contribution in [0.15, 0.2) is 64.4 Å². The molecular formula is C17H18N2O2S. The minimum absolute atomic E-state index is 0.226. The van der Waals surface area contributed by atoms with Crippen LogP contribution >= 0.6 is 11.8 Å². The highest BCUT2D eigenvalue weighted by molar-refractivity contribution is 7.99. The Bertz CT molecular complexity index is 659. The second-order valence-electron chi connectivity index (χ2n) is 4.85. The van der Waals surface area contributed by atoms with Crippen molar-refractivity contribution < 1.29 is 9.59 Å². The summed E-state index contributed by atoms with van der Waals surface area (Å²) in [5, 5.41) is 5.37. The predicted octanol–water partition coefficient (Wildman–Crippen LogP) is 3.30. The normalized spacial score (nSPS) is 11.5. The highest BCUT2D eigenvalue weighted by Gasteiger charge is 2.13. The molecule has 0 radical (unpaired) electrons. The molecule has 22 heavy (non-hydrogen) atoms. The third kappa shape index (κ3) is 4.93. The van der Waals surface area contributed by atoms with Crippen LogP contribution in [0.3, 0.4) is 0 Å². The largest absolute Gasteiger partial charge is 0.345 e. The highest BCUT2D eigenvalue weighted by atomic mass is 32.2. The first-order valence-electron chi connectivity index (χ1n) is 6.95. The summed E-state index contributed by atoms with van der Waals surface area (Å²) < 4.78 is 0. The van der Waals surface area contributed by atoms with E-state index in [1.807, 2.05) is 54.6 Å². The van der Waals surface area contributed by atoms with Crippen molar-refractivity contribution in [3.8, 4) is 0 Å². The molecule has 2 rings (SSSR count). The van der Waals surface area contributed by atoms with Crippen LogP contribution in [0.2, 0.25) is 0 Å². The maximum absolute atomic E-state index is 12.0. The summed E-state index contributed by atoms with van der Waals surface area (Å²) in [6.45, 7) is 3.04. The van der Waals surface area contributed by atoms with Crippen molar-refractivity contribution in [3.05, 3.63) is 54.6 Å². The van der Waals surface area contributed by atoms with E-state index in [-0.39, 0.29) is 11.8 Å². The molecule has 2 amide bonds. The van der Waals surface area contributed by atoms with Gasteiger partial charge in [-0.15, -0.1) is 0 Å². The molecule has 2 N–H and O–H groups in total. The average Bonchev–Trinajstić information content (AvgIpc) is 2.48. The van der Waals surface area contributed by atoms with Crippen molar-refractivity contribution in [2.75, 3.05) is 5.32 Å². The van der Waals surface area contributed by atoms with Crippen LogP contribution in [0.25, 0.3) is 0 Å². The lowest BCUT2D eigenvalue weighted by Crippen LogP contribution is -2.40. The van der Waals surface area contributed by atoms with Crippen molar-refractivity contribution in [1.29, 1.82) is 0 Å². The lowest BCUT2D eigenvalue weighted by Gasteiger charge is -2.13. The summed E-state index contributed by atoms with van der Waals surface area (Å²) in [6, 6.07) is 17.1. The molecule has 0 aliphatic carbocycles. The zero-order valence-corrected chi connectivity index (χ0v) is 13.3. The van der Waals surface area contributed by atoms with Gasteiger partial charge in [-0.25, -0.2) is 0 Å². The molecule has 2 aromatic rings. The molecule has 4 nitrogen and oxygen atoms in total. The smallest absolute Gasteiger partial charge is 0.246 e. The summed E-state index contributed by atoms with van der Waals surface area (Å²) in [5.74, 6) is -0.465. The van der Waals surface area contributed by atoms with Crippen LogP contribution in [0, 0.1) is 0 Å². The number of hydrogen-bond donors (Lipinski definition) is 2. The third-order valence-electron chi connectivity index (χ3n) is 2.89. The Kier molecular flexibility index (Phi) is 5.61.